The number of aryl methyl sites for hydroxylation is 1. The lowest BCUT2D eigenvalue weighted by atomic mass is 9.98. The van der Waals surface area contributed by atoms with Gasteiger partial charge in [-0.2, -0.15) is 0 Å². The molecule has 2 aromatic carbocycles. The third kappa shape index (κ3) is 2.54. The fraction of sp³-hybridized carbons (Fsp3) is 0.167. The second-order valence-corrected chi connectivity index (χ2v) is 5.44. The highest BCUT2D eigenvalue weighted by Gasteiger charge is 2.19. The first kappa shape index (κ1) is 13.1. The van der Waals surface area contributed by atoms with E-state index in [1.807, 2.05) is 54.6 Å². The summed E-state index contributed by atoms with van der Waals surface area (Å²) in [5, 5.41) is 0.685. The smallest absolute Gasteiger partial charge is 0.189 e. The lowest BCUT2D eigenvalue weighted by Gasteiger charge is -2.05. The Morgan fingerprint density at radius 3 is 2.55 bits per heavy atom. The number of benzene rings is 2. The van der Waals surface area contributed by atoms with E-state index in [-0.39, 0.29) is 5.78 Å². The summed E-state index contributed by atoms with van der Waals surface area (Å²) in [7, 11) is 0. The van der Waals surface area contributed by atoms with Crippen molar-refractivity contribution in [1.82, 2.24) is 0 Å². The second-order valence-electron chi connectivity index (χ2n) is 5.03. The molecule has 0 saturated carbocycles. The summed E-state index contributed by atoms with van der Waals surface area (Å²) in [5.74, 6) is 0.137. The molecule has 0 aliphatic heterocycles. The summed E-state index contributed by atoms with van der Waals surface area (Å²) >= 11 is 6.18. The van der Waals surface area contributed by atoms with Gasteiger partial charge in [0, 0.05) is 16.2 Å². The van der Waals surface area contributed by atoms with E-state index in [9.17, 15) is 4.79 Å². The van der Waals surface area contributed by atoms with Crippen LogP contribution in [0.4, 0.5) is 0 Å². The Morgan fingerprint density at radius 1 is 0.950 bits per heavy atom. The molecule has 0 amide bonds. The van der Waals surface area contributed by atoms with Crippen molar-refractivity contribution in [2.75, 3.05) is 0 Å². The monoisotopic (exact) mass is 282 g/mol. The highest BCUT2D eigenvalue weighted by Crippen LogP contribution is 2.27. The fourth-order valence-corrected chi connectivity index (χ4v) is 2.82. The number of ketones is 1. The number of halogens is 1. The SMILES string of the molecule is O=C1/C(=C/c2ccccc2Cl)CCCc2ccccc21. The van der Waals surface area contributed by atoms with Crippen molar-refractivity contribution in [2.24, 2.45) is 0 Å². The van der Waals surface area contributed by atoms with Crippen LogP contribution in [-0.2, 0) is 6.42 Å². The van der Waals surface area contributed by atoms with Crippen LogP contribution in [0.5, 0.6) is 0 Å². The van der Waals surface area contributed by atoms with Crippen molar-refractivity contribution in [2.45, 2.75) is 19.3 Å². The molecule has 2 aromatic rings. The Bertz CT molecular complexity index is 685. The van der Waals surface area contributed by atoms with Crippen molar-refractivity contribution in [3.05, 3.63) is 75.8 Å². The van der Waals surface area contributed by atoms with E-state index >= 15 is 0 Å². The molecule has 0 atom stereocenters. The van der Waals surface area contributed by atoms with Gasteiger partial charge >= 0.3 is 0 Å². The van der Waals surface area contributed by atoms with E-state index in [1.165, 1.54) is 0 Å². The van der Waals surface area contributed by atoms with Crippen LogP contribution >= 0.6 is 11.6 Å². The molecule has 0 N–H and O–H groups in total. The van der Waals surface area contributed by atoms with Gasteiger partial charge in [0.1, 0.15) is 0 Å². The predicted octanol–water partition coefficient (Wildman–Crippen LogP) is 4.94. The van der Waals surface area contributed by atoms with Gasteiger partial charge in [0.2, 0.25) is 0 Å². The summed E-state index contributed by atoms with van der Waals surface area (Å²) < 4.78 is 0. The standard InChI is InChI=1S/C18H15ClO/c19-17-11-4-2-7-14(17)12-15-9-5-8-13-6-1-3-10-16(13)18(15)20/h1-4,6-7,10-12H,5,8-9H2/b15-12+. The molecular weight excluding hydrogens is 268 g/mol. The number of Topliss-reactive ketones (excluding diaryl/α,β-unsaturated/α-hetero) is 1. The number of carbonyl (C=O) groups excluding carboxylic acids is 1. The summed E-state index contributed by atoms with van der Waals surface area (Å²) in [5.41, 5.74) is 3.75. The summed E-state index contributed by atoms with van der Waals surface area (Å²) in [6.07, 6.45) is 4.70. The second kappa shape index (κ2) is 5.64. The number of hydrogen-bond donors (Lipinski definition) is 0. The van der Waals surface area contributed by atoms with Gasteiger partial charge in [-0.25, -0.2) is 0 Å². The van der Waals surface area contributed by atoms with Gasteiger partial charge in [-0.3, -0.25) is 4.79 Å². The van der Waals surface area contributed by atoms with Crippen molar-refractivity contribution < 1.29 is 4.79 Å². The number of hydrogen-bond acceptors (Lipinski definition) is 1. The molecule has 3 rings (SSSR count). The first-order valence-electron chi connectivity index (χ1n) is 6.83. The third-order valence-electron chi connectivity index (χ3n) is 3.68. The van der Waals surface area contributed by atoms with E-state index < -0.39 is 0 Å². The van der Waals surface area contributed by atoms with Crippen LogP contribution in [0.3, 0.4) is 0 Å². The van der Waals surface area contributed by atoms with Crippen LogP contribution in [-0.4, -0.2) is 5.78 Å². The summed E-state index contributed by atoms with van der Waals surface area (Å²) in [6.45, 7) is 0. The topological polar surface area (TPSA) is 17.1 Å². The highest BCUT2D eigenvalue weighted by molar-refractivity contribution is 6.32. The van der Waals surface area contributed by atoms with Crippen molar-refractivity contribution >= 4 is 23.5 Å². The molecule has 0 radical (unpaired) electrons. The van der Waals surface area contributed by atoms with Gasteiger partial charge in [-0.05, 0) is 42.5 Å². The summed E-state index contributed by atoms with van der Waals surface area (Å²) in [4.78, 5) is 12.6. The normalized spacial score (nSPS) is 16.9. The van der Waals surface area contributed by atoms with Crippen molar-refractivity contribution in [3.8, 4) is 0 Å². The lowest BCUT2D eigenvalue weighted by Crippen LogP contribution is -2.03. The Kier molecular flexibility index (Phi) is 3.70. The quantitative estimate of drug-likeness (QED) is 0.535. The van der Waals surface area contributed by atoms with E-state index in [0.717, 1.165) is 41.5 Å². The zero-order valence-corrected chi connectivity index (χ0v) is 11.9. The number of allylic oxidation sites excluding steroid dienone is 1. The molecule has 0 saturated heterocycles. The Hall–Kier alpha value is -1.86. The first-order valence-corrected chi connectivity index (χ1v) is 7.21. The van der Waals surface area contributed by atoms with Gasteiger partial charge in [-0.15, -0.1) is 0 Å². The Labute approximate surface area is 123 Å². The first-order chi connectivity index (χ1) is 9.75. The van der Waals surface area contributed by atoms with E-state index in [1.54, 1.807) is 0 Å². The molecule has 20 heavy (non-hydrogen) atoms. The average molecular weight is 283 g/mol. The van der Waals surface area contributed by atoms with Crippen molar-refractivity contribution in [1.29, 1.82) is 0 Å². The molecule has 1 aliphatic carbocycles. The molecule has 0 heterocycles. The van der Waals surface area contributed by atoms with Gasteiger partial charge in [0.25, 0.3) is 0 Å². The Morgan fingerprint density at radius 2 is 1.70 bits per heavy atom. The molecule has 0 unspecified atom stereocenters. The minimum Gasteiger partial charge on any atom is -0.289 e. The maximum absolute atomic E-state index is 12.6. The average Bonchev–Trinajstić information content (AvgIpc) is 2.62. The Balaban J connectivity index is 2.03. The fourth-order valence-electron chi connectivity index (χ4n) is 2.63. The van der Waals surface area contributed by atoms with Crippen LogP contribution in [0.15, 0.2) is 54.1 Å². The van der Waals surface area contributed by atoms with Gasteiger partial charge in [0.05, 0.1) is 0 Å². The number of rotatable bonds is 1. The van der Waals surface area contributed by atoms with Gasteiger partial charge < -0.3 is 0 Å². The van der Waals surface area contributed by atoms with Crippen LogP contribution in [0.25, 0.3) is 6.08 Å². The van der Waals surface area contributed by atoms with Crippen LogP contribution in [0.2, 0.25) is 5.02 Å². The minimum atomic E-state index is 0.137. The van der Waals surface area contributed by atoms with Crippen LogP contribution in [0.1, 0.15) is 34.3 Å². The largest absolute Gasteiger partial charge is 0.289 e. The van der Waals surface area contributed by atoms with E-state index in [2.05, 4.69) is 0 Å². The van der Waals surface area contributed by atoms with Crippen LogP contribution < -0.4 is 0 Å². The molecule has 0 bridgehead atoms. The minimum absolute atomic E-state index is 0.137. The molecule has 0 aromatic heterocycles. The molecule has 1 aliphatic rings. The zero-order valence-electron chi connectivity index (χ0n) is 11.1. The van der Waals surface area contributed by atoms with Crippen molar-refractivity contribution in [3.63, 3.8) is 0 Å². The molecule has 2 heteroatoms. The number of fused-ring (bicyclic) bond motifs is 1. The lowest BCUT2D eigenvalue weighted by molar-refractivity contribution is 0.103. The predicted molar refractivity (Wildman–Crippen MR) is 83.1 cm³/mol. The van der Waals surface area contributed by atoms with E-state index in [4.69, 9.17) is 11.6 Å². The zero-order chi connectivity index (χ0) is 13.9. The maximum atomic E-state index is 12.6. The van der Waals surface area contributed by atoms with Gasteiger partial charge in [0.15, 0.2) is 5.78 Å². The molecule has 0 fully saturated rings. The van der Waals surface area contributed by atoms with E-state index in [0.29, 0.717) is 5.02 Å². The highest BCUT2D eigenvalue weighted by atomic mass is 35.5. The number of carbonyl (C=O) groups is 1. The van der Waals surface area contributed by atoms with Crippen LogP contribution in [0, 0.1) is 0 Å². The third-order valence-corrected chi connectivity index (χ3v) is 4.03. The van der Waals surface area contributed by atoms with Gasteiger partial charge in [-0.1, -0.05) is 54.1 Å². The molecular formula is C18H15ClO. The molecule has 0 spiro atoms. The molecule has 1 nitrogen and oxygen atoms in total. The summed E-state index contributed by atoms with van der Waals surface area (Å²) in [6, 6.07) is 15.5. The maximum Gasteiger partial charge on any atom is 0.189 e. The molecule has 100 valence electrons.